The highest BCUT2D eigenvalue weighted by Crippen LogP contribution is 2.24. The van der Waals surface area contributed by atoms with Gasteiger partial charge in [0.1, 0.15) is 11.8 Å². The second kappa shape index (κ2) is 4.39. The first-order valence-corrected chi connectivity index (χ1v) is 6.24. The summed E-state index contributed by atoms with van der Waals surface area (Å²) in [5, 5.41) is 0.867. The summed E-state index contributed by atoms with van der Waals surface area (Å²) >= 11 is 0. The molecule has 2 aromatic carbocycles. The van der Waals surface area contributed by atoms with E-state index >= 15 is 0 Å². The van der Waals surface area contributed by atoms with Gasteiger partial charge in [-0.25, -0.2) is 0 Å². The van der Waals surface area contributed by atoms with Crippen molar-refractivity contribution in [2.75, 3.05) is 0 Å². The van der Waals surface area contributed by atoms with Gasteiger partial charge < -0.3 is 4.42 Å². The number of benzene rings is 2. The molecule has 0 fully saturated rings. The van der Waals surface area contributed by atoms with Crippen LogP contribution in [0.5, 0.6) is 0 Å². The molecule has 0 bridgehead atoms. The SMILES string of the molecule is Cc1cc(C)cc(C(=O)c2coc3ccccc23)c1. The van der Waals surface area contributed by atoms with Crippen LogP contribution in [0.15, 0.2) is 53.1 Å². The van der Waals surface area contributed by atoms with Crippen LogP contribution in [-0.4, -0.2) is 5.78 Å². The third kappa shape index (κ3) is 2.06. The third-order valence-corrected chi connectivity index (χ3v) is 3.21. The molecular weight excluding hydrogens is 236 g/mol. The Morgan fingerprint density at radius 1 is 1.00 bits per heavy atom. The van der Waals surface area contributed by atoms with Crippen LogP contribution in [0.1, 0.15) is 27.0 Å². The summed E-state index contributed by atoms with van der Waals surface area (Å²) in [5.41, 5.74) is 4.27. The number of furan rings is 1. The van der Waals surface area contributed by atoms with E-state index in [0.29, 0.717) is 11.1 Å². The van der Waals surface area contributed by atoms with Gasteiger partial charge in [-0.3, -0.25) is 4.79 Å². The van der Waals surface area contributed by atoms with Crippen molar-refractivity contribution in [3.63, 3.8) is 0 Å². The zero-order valence-electron chi connectivity index (χ0n) is 10.9. The molecule has 94 valence electrons. The predicted octanol–water partition coefficient (Wildman–Crippen LogP) is 4.28. The summed E-state index contributed by atoms with van der Waals surface area (Å²) in [7, 11) is 0. The monoisotopic (exact) mass is 250 g/mol. The molecule has 2 heteroatoms. The van der Waals surface area contributed by atoms with Crippen molar-refractivity contribution in [3.05, 3.63) is 71.0 Å². The Hall–Kier alpha value is -2.35. The Labute approximate surface area is 111 Å². The number of hydrogen-bond donors (Lipinski definition) is 0. The molecule has 0 saturated heterocycles. The van der Waals surface area contributed by atoms with E-state index in [1.165, 1.54) is 0 Å². The van der Waals surface area contributed by atoms with Crippen LogP contribution < -0.4 is 0 Å². The van der Waals surface area contributed by atoms with E-state index in [9.17, 15) is 4.79 Å². The molecule has 0 amide bonds. The van der Waals surface area contributed by atoms with Crippen LogP contribution >= 0.6 is 0 Å². The highest BCUT2D eigenvalue weighted by molar-refractivity contribution is 6.15. The lowest BCUT2D eigenvalue weighted by molar-refractivity contribution is 0.103. The van der Waals surface area contributed by atoms with Crippen LogP contribution in [0.4, 0.5) is 0 Å². The van der Waals surface area contributed by atoms with Gasteiger partial charge in [0.15, 0.2) is 5.78 Å². The Kier molecular flexibility index (Phi) is 2.71. The number of ketones is 1. The van der Waals surface area contributed by atoms with Crippen molar-refractivity contribution in [3.8, 4) is 0 Å². The van der Waals surface area contributed by atoms with Crippen LogP contribution in [0, 0.1) is 13.8 Å². The normalized spacial score (nSPS) is 10.8. The van der Waals surface area contributed by atoms with E-state index < -0.39 is 0 Å². The first-order valence-electron chi connectivity index (χ1n) is 6.24. The van der Waals surface area contributed by atoms with E-state index in [2.05, 4.69) is 6.07 Å². The summed E-state index contributed by atoms with van der Waals surface area (Å²) in [6.45, 7) is 3.99. The molecular formula is C17H14O2. The number of rotatable bonds is 2. The zero-order valence-corrected chi connectivity index (χ0v) is 10.9. The van der Waals surface area contributed by atoms with Crippen molar-refractivity contribution in [1.29, 1.82) is 0 Å². The van der Waals surface area contributed by atoms with Crippen molar-refractivity contribution >= 4 is 16.8 Å². The first kappa shape index (κ1) is 11.7. The first-order chi connectivity index (χ1) is 9.15. The highest BCUT2D eigenvalue weighted by atomic mass is 16.3. The molecule has 0 atom stereocenters. The van der Waals surface area contributed by atoms with Gasteiger partial charge in [0.2, 0.25) is 0 Å². The van der Waals surface area contributed by atoms with Crippen LogP contribution in [-0.2, 0) is 0 Å². The fourth-order valence-electron chi connectivity index (χ4n) is 2.41. The lowest BCUT2D eigenvalue weighted by Gasteiger charge is -2.03. The number of aryl methyl sites for hydroxylation is 2. The topological polar surface area (TPSA) is 30.2 Å². The molecule has 0 aliphatic heterocycles. The lowest BCUT2D eigenvalue weighted by atomic mass is 9.99. The molecule has 0 saturated carbocycles. The van der Waals surface area contributed by atoms with Gasteiger partial charge >= 0.3 is 0 Å². The maximum Gasteiger partial charge on any atom is 0.196 e. The minimum Gasteiger partial charge on any atom is -0.464 e. The highest BCUT2D eigenvalue weighted by Gasteiger charge is 2.15. The molecule has 0 radical (unpaired) electrons. The number of fused-ring (bicyclic) bond motifs is 1. The molecule has 0 aliphatic rings. The Bertz CT molecular complexity index is 746. The van der Waals surface area contributed by atoms with Gasteiger partial charge in [0, 0.05) is 10.9 Å². The van der Waals surface area contributed by atoms with Gasteiger partial charge in [-0.2, -0.15) is 0 Å². The summed E-state index contributed by atoms with van der Waals surface area (Å²) < 4.78 is 5.43. The molecule has 1 heterocycles. The van der Waals surface area contributed by atoms with Crippen molar-refractivity contribution in [2.45, 2.75) is 13.8 Å². The van der Waals surface area contributed by atoms with Crippen molar-refractivity contribution < 1.29 is 9.21 Å². The Balaban J connectivity index is 2.13. The van der Waals surface area contributed by atoms with Gasteiger partial charge in [-0.15, -0.1) is 0 Å². The smallest absolute Gasteiger partial charge is 0.196 e. The molecule has 0 unspecified atom stereocenters. The molecule has 3 rings (SSSR count). The average Bonchev–Trinajstić information content (AvgIpc) is 2.80. The molecule has 1 aromatic heterocycles. The van der Waals surface area contributed by atoms with Gasteiger partial charge in [-0.1, -0.05) is 35.4 Å². The largest absolute Gasteiger partial charge is 0.464 e. The van der Waals surface area contributed by atoms with Crippen LogP contribution in [0.25, 0.3) is 11.0 Å². The second-order valence-corrected chi connectivity index (χ2v) is 4.85. The minimum absolute atomic E-state index is 0.0109. The van der Waals surface area contributed by atoms with E-state index in [1.54, 1.807) is 6.26 Å². The van der Waals surface area contributed by atoms with Gasteiger partial charge in [-0.05, 0) is 32.0 Å². The average molecular weight is 250 g/mol. The summed E-state index contributed by atoms with van der Waals surface area (Å²) in [6, 6.07) is 13.5. The minimum atomic E-state index is 0.0109. The maximum atomic E-state index is 12.6. The molecule has 19 heavy (non-hydrogen) atoms. The molecule has 0 aliphatic carbocycles. The molecule has 0 spiro atoms. The lowest BCUT2D eigenvalue weighted by Crippen LogP contribution is -2.01. The second-order valence-electron chi connectivity index (χ2n) is 4.85. The summed E-state index contributed by atoms with van der Waals surface area (Å²) in [5.74, 6) is 0.0109. The standard InChI is InChI=1S/C17H14O2/c1-11-7-12(2)9-13(8-11)17(18)15-10-19-16-6-4-3-5-14(15)16/h3-10H,1-2H3. The van der Waals surface area contributed by atoms with Gasteiger partial charge in [0.25, 0.3) is 0 Å². The Morgan fingerprint density at radius 3 is 2.42 bits per heavy atom. The number of carbonyl (C=O) groups excluding carboxylic acids is 1. The van der Waals surface area contributed by atoms with E-state index in [0.717, 1.165) is 22.1 Å². The van der Waals surface area contributed by atoms with Crippen LogP contribution in [0.3, 0.4) is 0 Å². The molecule has 2 nitrogen and oxygen atoms in total. The summed E-state index contributed by atoms with van der Waals surface area (Å²) in [6.07, 6.45) is 1.55. The zero-order chi connectivity index (χ0) is 13.4. The number of para-hydroxylation sites is 1. The molecule has 3 aromatic rings. The fourth-order valence-corrected chi connectivity index (χ4v) is 2.41. The van der Waals surface area contributed by atoms with Crippen molar-refractivity contribution in [1.82, 2.24) is 0 Å². The van der Waals surface area contributed by atoms with Gasteiger partial charge in [0.05, 0.1) is 5.56 Å². The van der Waals surface area contributed by atoms with Crippen LogP contribution in [0.2, 0.25) is 0 Å². The van der Waals surface area contributed by atoms with Crippen molar-refractivity contribution in [2.24, 2.45) is 0 Å². The number of carbonyl (C=O) groups is 1. The van der Waals surface area contributed by atoms with E-state index in [4.69, 9.17) is 4.42 Å². The van der Waals surface area contributed by atoms with E-state index in [-0.39, 0.29) is 5.78 Å². The quantitative estimate of drug-likeness (QED) is 0.635. The van der Waals surface area contributed by atoms with E-state index in [1.807, 2.05) is 50.2 Å². The predicted molar refractivity (Wildman–Crippen MR) is 75.6 cm³/mol. The Morgan fingerprint density at radius 2 is 1.68 bits per heavy atom. The maximum absolute atomic E-state index is 12.6. The third-order valence-electron chi connectivity index (χ3n) is 3.21. The molecule has 0 N–H and O–H groups in total. The number of hydrogen-bond acceptors (Lipinski definition) is 2. The fraction of sp³-hybridized carbons (Fsp3) is 0.118. The summed E-state index contributed by atoms with van der Waals surface area (Å²) in [4.78, 5) is 12.6.